The Bertz CT molecular complexity index is 1500. The molecule has 1 fully saturated rings. The number of nitrogens with zero attached hydrogens (tertiary/aromatic N) is 3. The fourth-order valence-corrected chi connectivity index (χ4v) is 7.79. The zero-order valence-corrected chi connectivity index (χ0v) is 23.7. The minimum Gasteiger partial charge on any atom is -0.371 e. The van der Waals surface area contributed by atoms with Crippen LogP contribution in [0.3, 0.4) is 0 Å². The van der Waals surface area contributed by atoms with Gasteiger partial charge in [-0.2, -0.15) is 5.10 Å². The van der Waals surface area contributed by atoms with Crippen LogP contribution in [0.5, 0.6) is 0 Å². The first kappa shape index (κ1) is 27.9. The number of allylic oxidation sites excluding steroid dienone is 1. The summed E-state index contributed by atoms with van der Waals surface area (Å²) in [6.45, 7) is 1.03. The van der Waals surface area contributed by atoms with Crippen LogP contribution in [0.4, 0.5) is 19.3 Å². The Hall–Kier alpha value is -2.67. The number of nitrogens with one attached hydrogen (secondary N) is 2. The van der Waals surface area contributed by atoms with Gasteiger partial charge in [0.15, 0.2) is 0 Å². The minimum absolute atomic E-state index is 0.0593. The smallest absolute Gasteiger partial charge is 0.329 e. The molecule has 1 aliphatic heterocycles. The molecular formula is C25H25Cl2F2N5O3S2. The van der Waals surface area contributed by atoms with Crippen LogP contribution >= 0.6 is 34.5 Å². The summed E-state index contributed by atoms with van der Waals surface area (Å²) in [5.41, 5.74) is 3.11. The quantitative estimate of drug-likeness (QED) is 0.358. The molecule has 1 saturated heterocycles. The number of piperidine rings is 1. The van der Waals surface area contributed by atoms with Gasteiger partial charge in [0.05, 0.1) is 29.5 Å². The SMILES string of the molecule is O=C(NCC(F)=C1CCCc2cnn(C3CCN(c4ccc(F)cc4)CC3)c21)NS(=O)(=O)c1cc(Cl)c(Cl)s1. The van der Waals surface area contributed by atoms with Crippen LogP contribution in [0, 0.1) is 5.82 Å². The van der Waals surface area contributed by atoms with Crippen LogP contribution < -0.4 is 14.9 Å². The molecule has 0 bridgehead atoms. The monoisotopic (exact) mass is 615 g/mol. The Morgan fingerprint density at radius 2 is 1.87 bits per heavy atom. The molecule has 39 heavy (non-hydrogen) atoms. The van der Waals surface area contributed by atoms with E-state index in [1.807, 2.05) is 9.40 Å². The number of rotatable bonds is 6. The lowest BCUT2D eigenvalue weighted by atomic mass is 9.91. The Morgan fingerprint density at radius 3 is 2.54 bits per heavy atom. The predicted molar refractivity (Wildman–Crippen MR) is 148 cm³/mol. The molecule has 0 radical (unpaired) electrons. The van der Waals surface area contributed by atoms with Crippen LogP contribution in [0.25, 0.3) is 5.57 Å². The Balaban J connectivity index is 1.26. The van der Waals surface area contributed by atoms with Crippen molar-refractivity contribution in [1.82, 2.24) is 19.8 Å². The Kier molecular flexibility index (Phi) is 8.18. The number of aromatic nitrogens is 2. The van der Waals surface area contributed by atoms with Crippen molar-refractivity contribution in [3.8, 4) is 0 Å². The number of urea groups is 1. The summed E-state index contributed by atoms with van der Waals surface area (Å²) in [7, 11) is -4.21. The third kappa shape index (κ3) is 6.08. The van der Waals surface area contributed by atoms with Crippen molar-refractivity contribution < 1.29 is 22.0 Å². The number of thiophene rings is 1. The van der Waals surface area contributed by atoms with Crippen molar-refractivity contribution in [2.24, 2.45) is 0 Å². The lowest BCUT2D eigenvalue weighted by Crippen LogP contribution is -2.39. The number of halogens is 4. The second kappa shape index (κ2) is 11.4. The molecule has 3 aromatic rings. The van der Waals surface area contributed by atoms with E-state index in [0.29, 0.717) is 23.3 Å². The van der Waals surface area contributed by atoms with E-state index < -0.39 is 28.4 Å². The molecule has 0 spiro atoms. The van der Waals surface area contributed by atoms with Crippen molar-refractivity contribution >= 4 is 61.9 Å². The van der Waals surface area contributed by atoms with Gasteiger partial charge in [0.1, 0.15) is 20.2 Å². The Labute approximate surface area is 238 Å². The maximum Gasteiger partial charge on any atom is 0.329 e. The standard InChI is InChI=1S/C25H25Cl2F2N5O3S2/c26-20-12-22(38-24(20)27)39(36,37)32-25(35)30-14-21(29)19-3-1-2-15-13-31-34(23(15)19)18-8-10-33(11-9-18)17-6-4-16(28)5-7-17/h4-7,12-13,18H,1-3,8-11,14H2,(H2,30,32,35). The van der Waals surface area contributed by atoms with Gasteiger partial charge in [0, 0.05) is 24.4 Å². The molecule has 2 aliphatic rings. The van der Waals surface area contributed by atoms with Gasteiger partial charge in [0.25, 0.3) is 10.0 Å². The topological polar surface area (TPSA) is 96.3 Å². The Morgan fingerprint density at radius 1 is 1.15 bits per heavy atom. The highest BCUT2D eigenvalue weighted by molar-refractivity contribution is 7.92. The number of hydrogen-bond donors (Lipinski definition) is 2. The van der Waals surface area contributed by atoms with Crippen LogP contribution in [0.1, 0.15) is 43.0 Å². The van der Waals surface area contributed by atoms with E-state index in [9.17, 15) is 17.6 Å². The summed E-state index contributed by atoms with van der Waals surface area (Å²) < 4.78 is 57.2. The predicted octanol–water partition coefficient (Wildman–Crippen LogP) is 5.94. The van der Waals surface area contributed by atoms with E-state index >= 15 is 4.39 Å². The number of amides is 2. The molecule has 8 nitrogen and oxygen atoms in total. The molecule has 1 aliphatic carbocycles. The number of aryl methyl sites for hydroxylation is 1. The molecule has 2 N–H and O–H groups in total. The van der Waals surface area contributed by atoms with Gasteiger partial charge in [-0.3, -0.25) is 4.68 Å². The maximum atomic E-state index is 15.5. The second-order valence-corrected chi connectivity index (χ2v) is 13.3. The number of carbonyl (C=O) groups is 1. The molecular weight excluding hydrogens is 591 g/mol. The van der Waals surface area contributed by atoms with E-state index in [1.165, 1.54) is 12.1 Å². The zero-order valence-electron chi connectivity index (χ0n) is 20.6. The fourth-order valence-electron chi connectivity index (χ4n) is 4.98. The number of sulfonamides is 1. The van der Waals surface area contributed by atoms with Gasteiger partial charge < -0.3 is 10.2 Å². The molecule has 0 saturated carbocycles. The van der Waals surface area contributed by atoms with Crippen molar-refractivity contribution in [2.75, 3.05) is 24.5 Å². The molecule has 2 aromatic heterocycles. The first-order chi connectivity index (χ1) is 18.6. The first-order valence-corrected chi connectivity index (χ1v) is 15.4. The molecule has 3 heterocycles. The average Bonchev–Trinajstić information content (AvgIpc) is 3.51. The molecule has 0 atom stereocenters. The summed E-state index contributed by atoms with van der Waals surface area (Å²) in [5.74, 6) is -0.819. The fraction of sp³-hybridized carbons (Fsp3) is 0.360. The van der Waals surface area contributed by atoms with E-state index in [4.69, 9.17) is 23.2 Å². The van der Waals surface area contributed by atoms with Crippen LogP contribution in [-0.2, 0) is 16.4 Å². The van der Waals surface area contributed by atoms with Gasteiger partial charge in [-0.15, -0.1) is 11.3 Å². The van der Waals surface area contributed by atoms with E-state index in [-0.39, 0.29) is 25.4 Å². The summed E-state index contributed by atoms with van der Waals surface area (Å²) in [5, 5.41) is 6.95. The number of anilines is 1. The minimum atomic E-state index is -4.21. The number of hydrogen-bond acceptors (Lipinski definition) is 6. The lowest BCUT2D eigenvalue weighted by molar-refractivity contribution is 0.246. The van der Waals surface area contributed by atoms with Gasteiger partial charge in [-0.25, -0.2) is 26.7 Å². The number of carbonyl (C=O) groups excluding carboxylic acids is 1. The van der Waals surface area contributed by atoms with Crippen LogP contribution in [0.2, 0.25) is 9.36 Å². The van der Waals surface area contributed by atoms with Gasteiger partial charge in [0.2, 0.25) is 0 Å². The van der Waals surface area contributed by atoms with Gasteiger partial charge in [-0.1, -0.05) is 23.2 Å². The summed E-state index contributed by atoms with van der Waals surface area (Å²) in [6.07, 6.45) is 5.35. The zero-order chi connectivity index (χ0) is 27.7. The molecule has 0 unspecified atom stereocenters. The van der Waals surface area contributed by atoms with Crippen molar-refractivity contribution in [3.63, 3.8) is 0 Å². The summed E-state index contributed by atoms with van der Waals surface area (Å²) >= 11 is 12.3. The number of fused-ring (bicyclic) bond motifs is 1. The third-order valence-corrected chi connectivity index (χ3v) is 10.5. The van der Waals surface area contributed by atoms with E-state index in [2.05, 4.69) is 15.3 Å². The van der Waals surface area contributed by atoms with Crippen molar-refractivity contribution in [1.29, 1.82) is 0 Å². The van der Waals surface area contributed by atoms with Crippen LogP contribution in [0.15, 0.2) is 46.6 Å². The first-order valence-electron chi connectivity index (χ1n) is 12.3. The highest BCUT2D eigenvalue weighted by Gasteiger charge is 2.29. The summed E-state index contributed by atoms with van der Waals surface area (Å²) in [6, 6.07) is 6.56. The third-order valence-electron chi connectivity index (χ3n) is 6.88. The molecule has 1 aromatic carbocycles. The van der Waals surface area contributed by atoms with E-state index in [0.717, 1.165) is 61.8 Å². The van der Waals surface area contributed by atoms with E-state index in [1.54, 1.807) is 18.3 Å². The second-order valence-electron chi connectivity index (χ2n) is 9.37. The molecule has 5 rings (SSSR count). The van der Waals surface area contributed by atoms with Gasteiger partial charge in [-0.05, 0) is 68.0 Å². The van der Waals surface area contributed by atoms with Crippen LogP contribution in [-0.4, -0.2) is 43.9 Å². The highest BCUT2D eigenvalue weighted by atomic mass is 35.5. The normalized spacial score (nSPS) is 17.6. The van der Waals surface area contributed by atoms with Crippen molar-refractivity contribution in [3.05, 3.63) is 68.8 Å². The number of benzene rings is 1. The van der Waals surface area contributed by atoms with Gasteiger partial charge >= 0.3 is 6.03 Å². The molecule has 14 heteroatoms. The molecule has 208 valence electrons. The maximum absolute atomic E-state index is 15.5. The van der Waals surface area contributed by atoms with Crippen molar-refractivity contribution in [2.45, 2.75) is 42.4 Å². The largest absolute Gasteiger partial charge is 0.371 e. The lowest BCUT2D eigenvalue weighted by Gasteiger charge is -2.35. The highest BCUT2D eigenvalue weighted by Crippen LogP contribution is 2.37. The summed E-state index contributed by atoms with van der Waals surface area (Å²) in [4.78, 5) is 14.5. The average molecular weight is 617 g/mol. The molecule has 2 amide bonds.